The van der Waals surface area contributed by atoms with Crippen LogP contribution in [0.1, 0.15) is 17.2 Å². The number of rotatable bonds is 3. The summed E-state index contributed by atoms with van der Waals surface area (Å²) in [4.78, 5) is 0. The maximum absolute atomic E-state index is 8.40. The van der Waals surface area contributed by atoms with Crippen LogP contribution >= 0.6 is 0 Å². The standard InChI is InChI=1S/C10H12N2O/c1-2-10(11)9-6-4-3-5-8(9)7-12-13/h2-7,10,13H,1,11H2. The van der Waals surface area contributed by atoms with Gasteiger partial charge >= 0.3 is 0 Å². The first-order valence-corrected chi connectivity index (χ1v) is 3.94. The minimum atomic E-state index is -0.228. The minimum Gasteiger partial charge on any atom is -0.411 e. The smallest absolute Gasteiger partial charge is 0.0737 e. The van der Waals surface area contributed by atoms with Crippen LogP contribution in [-0.4, -0.2) is 11.4 Å². The van der Waals surface area contributed by atoms with Crippen molar-refractivity contribution in [3.8, 4) is 0 Å². The van der Waals surface area contributed by atoms with Crippen molar-refractivity contribution in [1.82, 2.24) is 0 Å². The van der Waals surface area contributed by atoms with Gasteiger partial charge in [-0.25, -0.2) is 0 Å². The molecule has 0 saturated carbocycles. The maximum atomic E-state index is 8.40. The molecule has 0 aliphatic heterocycles. The number of hydrogen-bond donors (Lipinski definition) is 2. The predicted molar refractivity (Wildman–Crippen MR) is 52.9 cm³/mol. The highest BCUT2D eigenvalue weighted by Crippen LogP contribution is 2.14. The molecule has 1 atom stereocenters. The van der Waals surface area contributed by atoms with E-state index in [4.69, 9.17) is 10.9 Å². The molecule has 0 aliphatic carbocycles. The third kappa shape index (κ3) is 2.16. The van der Waals surface area contributed by atoms with Crippen LogP contribution in [0.25, 0.3) is 0 Å². The van der Waals surface area contributed by atoms with Crippen molar-refractivity contribution < 1.29 is 5.21 Å². The Morgan fingerprint density at radius 3 is 2.77 bits per heavy atom. The van der Waals surface area contributed by atoms with E-state index in [1.807, 2.05) is 24.3 Å². The van der Waals surface area contributed by atoms with E-state index in [-0.39, 0.29) is 6.04 Å². The molecule has 1 rings (SSSR count). The van der Waals surface area contributed by atoms with Crippen molar-refractivity contribution in [2.75, 3.05) is 0 Å². The van der Waals surface area contributed by atoms with Gasteiger partial charge in [0.25, 0.3) is 0 Å². The molecule has 3 nitrogen and oxygen atoms in total. The molecule has 1 unspecified atom stereocenters. The van der Waals surface area contributed by atoms with E-state index in [1.54, 1.807) is 6.08 Å². The Morgan fingerprint density at radius 1 is 1.46 bits per heavy atom. The van der Waals surface area contributed by atoms with Crippen LogP contribution in [0, 0.1) is 0 Å². The average molecular weight is 176 g/mol. The van der Waals surface area contributed by atoms with E-state index in [0.717, 1.165) is 11.1 Å². The lowest BCUT2D eigenvalue weighted by molar-refractivity contribution is 0.322. The van der Waals surface area contributed by atoms with Gasteiger partial charge in [0.1, 0.15) is 0 Å². The van der Waals surface area contributed by atoms with Crippen LogP contribution in [0.4, 0.5) is 0 Å². The molecule has 0 radical (unpaired) electrons. The lowest BCUT2D eigenvalue weighted by Crippen LogP contribution is -2.09. The van der Waals surface area contributed by atoms with Gasteiger partial charge in [0, 0.05) is 11.6 Å². The Hall–Kier alpha value is -1.61. The quantitative estimate of drug-likeness (QED) is 0.318. The van der Waals surface area contributed by atoms with Gasteiger partial charge in [-0.15, -0.1) is 6.58 Å². The van der Waals surface area contributed by atoms with E-state index in [1.165, 1.54) is 6.21 Å². The van der Waals surface area contributed by atoms with Crippen molar-refractivity contribution in [2.45, 2.75) is 6.04 Å². The molecule has 3 N–H and O–H groups in total. The summed E-state index contributed by atoms with van der Waals surface area (Å²) in [6, 6.07) is 7.22. The zero-order valence-corrected chi connectivity index (χ0v) is 7.22. The van der Waals surface area contributed by atoms with E-state index in [9.17, 15) is 0 Å². The van der Waals surface area contributed by atoms with Crippen molar-refractivity contribution in [2.24, 2.45) is 10.9 Å². The summed E-state index contributed by atoms with van der Waals surface area (Å²) in [6.07, 6.45) is 3.00. The molecule has 0 saturated heterocycles. The summed E-state index contributed by atoms with van der Waals surface area (Å²) in [5.74, 6) is 0. The highest BCUT2D eigenvalue weighted by molar-refractivity contribution is 5.81. The average Bonchev–Trinajstić information content (AvgIpc) is 2.18. The molecule has 68 valence electrons. The molecule has 0 aliphatic rings. The molecule has 3 heteroatoms. The van der Waals surface area contributed by atoms with Crippen molar-refractivity contribution in [3.05, 3.63) is 48.0 Å². The molecule has 1 aromatic rings. The predicted octanol–water partition coefficient (Wildman–Crippen LogP) is 1.68. The topological polar surface area (TPSA) is 58.6 Å². The molecule has 1 aromatic carbocycles. The first-order valence-electron chi connectivity index (χ1n) is 3.94. The van der Waals surface area contributed by atoms with Crippen LogP contribution in [0.2, 0.25) is 0 Å². The third-order valence-electron chi connectivity index (χ3n) is 1.81. The van der Waals surface area contributed by atoms with Gasteiger partial charge in [0.05, 0.1) is 6.21 Å². The molecule has 0 aromatic heterocycles. The van der Waals surface area contributed by atoms with Gasteiger partial charge in [0.15, 0.2) is 0 Å². The molecule has 0 fully saturated rings. The van der Waals surface area contributed by atoms with Crippen LogP contribution < -0.4 is 5.73 Å². The Morgan fingerprint density at radius 2 is 2.15 bits per heavy atom. The summed E-state index contributed by atoms with van der Waals surface area (Å²) in [5, 5.41) is 11.4. The van der Waals surface area contributed by atoms with E-state index in [2.05, 4.69) is 11.7 Å². The largest absolute Gasteiger partial charge is 0.411 e. The number of nitrogens with zero attached hydrogens (tertiary/aromatic N) is 1. The minimum absolute atomic E-state index is 0.228. The van der Waals surface area contributed by atoms with E-state index in [0.29, 0.717) is 0 Å². The molecule has 0 heterocycles. The molecular weight excluding hydrogens is 164 g/mol. The Bertz CT molecular complexity index is 320. The van der Waals surface area contributed by atoms with Crippen LogP contribution in [0.3, 0.4) is 0 Å². The zero-order valence-electron chi connectivity index (χ0n) is 7.22. The highest BCUT2D eigenvalue weighted by Gasteiger charge is 2.04. The monoisotopic (exact) mass is 176 g/mol. The summed E-state index contributed by atoms with van der Waals surface area (Å²) in [5.41, 5.74) is 7.47. The fraction of sp³-hybridized carbons (Fsp3) is 0.100. The SMILES string of the molecule is C=CC(N)c1ccccc1C=NO. The summed E-state index contributed by atoms with van der Waals surface area (Å²) in [7, 11) is 0. The second-order valence-corrected chi connectivity index (χ2v) is 2.63. The van der Waals surface area contributed by atoms with Gasteiger partial charge in [0.2, 0.25) is 0 Å². The van der Waals surface area contributed by atoms with Gasteiger partial charge in [-0.1, -0.05) is 35.5 Å². The highest BCUT2D eigenvalue weighted by atomic mass is 16.4. The normalized spacial score (nSPS) is 13.0. The summed E-state index contributed by atoms with van der Waals surface area (Å²) in [6.45, 7) is 3.61. The van der Waals surface area contributed by atoms with Crippen molar-refractivity contribution in [3.63, 3.8) is 0 Å². The van der Waals surface area contributed by atoms with Crippen LogP contribution in [0.15, 0.2) is 42.1 Å². The number of benzene rings is 1. The number of oxime groups is 1. The molecular formula is C10H12N2O. The zero-order chi connectivity index (χ0) is 9.68. The first kappa shape index (κ1) is 9.48. The van der Waals surface area contributed by atoms with Gasteiger partial charge in [-0.2, -0.15) is 0 Å². The molecule has 0 amide bonds. The lowest BCUT2D eigenvalue weighted by Gasteiger charge is -2.08. The van der Waals surface area contributed by atoms with Gasteiger partial charge in [-0.3, -0.25) is 0 Å². The third-order valence-corrected chi connectivity index (χ3v) is 1.81. The lowest BCUT2D eigenvalue weighted by atomic mass is 10.0. The van der Waals surface area contributed by atoms with Gasteiger partial charge in [-0.05, 0) is 5.56 Å². The Labute approximate surface area is 77.2 Å². The second-order valence-electron chi connectivity index (χ2n) is 2.63. The fourth-order valence-corrected chi connectivity index (χ4v) is 1.12. The summed E-state index contributed by atoms with van der Waals surface area (Å²) < 4.78 is 0. The van der Waals surface area contributed by atoms with Crippen LogP contribution in [-0.2, 0) is 0 Å². The Kier molecular flexibility index (Phi) is 3.23. The van der Waals surface area contributed by atoms with Crippen molar-refractivity contribution in [1.29, 1.82) is 0 Å². The fourth-order valence-electron chi connectivity index (χ4n) is 1.12. The number of nitrogens with two attached hydrogens (primary N) is 1. The Balaban J connectivity index is 3.10. The molecule has 13 heavy (non-hydrogen) atoms. The van der Waals surface area contributed by atoms with Gasteiger partial charge < -0.3 is 10.9 Å². The maximum Gasteiger partial charge on any atom is 0.0737 e. The van der Waals surface area contributed by atoms with Crippen molar-refractivity contribution >= 4 is 6.21 Å². The molecule has 0 spiro atoms. The summed E-state index contributed by atoms with van der Waals surface area (Å²) >= 11 is 0. The number of hydrogen-bond acceptors (Lipinski definition) is 3. The second kappa shape index (κ2) is 4.42. The van der Waals surface area contributed by atoms with E-state index >= 15 is 0 Å². The molecule has 0 bridgehead atoms. The van der Waals surface area contributed by atoms with Crippen LogP contribution in [0.5, 0.6) is 0 Å². The first-order chi connectivity index (χ1) is 6.29. The van der Waals surface area contributed by atoms with E-state index < -0.39 is 0 Å².